The second kappa shape index (κ2) is 19.5. The van der Waals surface area contributed by atoms with E-state index >= 15 is 0 Å². The van der Waals surface area contributed by atoms with Crippen molar-refractivity contribution in [1.82, 2.24) is 0 Å². The van der Waals surface area contributed by atoms with Gasteiger partial charge in [-0.3, -0.25) is 0 Å². The zero-order valence-electron chi connectivity index (χ0n) is 39.3. The molecule has 0 bridgehead atoms. The molecule has 6 aromatic carbocycles. The summed E-state index contributed by atoms with van der Waals surface area (Å²) in [7, 11) is 0. The van der Waals surface area contributed by atoms with Gasteiger partial charge in [0.25, 0.3) is 0 Å². The molecule has 0 spiro atoms. The van der Waals surface area contributed by atoms with Crippen molar-refractivity contribution in [3.63, 3.8) is 0 Å². The second-order valence-corrected chi connectivity index (χ2v) is 51.1. The molecule has 4 aliphatic rings. The fourth-order valence-electron chi connectivity index (χ4n) is 12.1. The molecule has 0 radical (unpaired) electrons. The second-order valence-electron chi connectivity index (χ2n) is 20.6. The molecule has 0 amide bonds. The molecule has 330 valence electrons. The van der Waals surface area contributed by atoms with E-state index in [9.17, 15) is 10.2 Å². The number of rotatable bonds is 6. The van der Waals surface area contributed by atoms with E-state index in [0.717, 1.165) is 34.1 Å². The quantitative estimate of drug-likeness (QED) is 0.163. The number of aromatic hydroxyl groups is 2. The summed E-state index contributed by atoms with van der Waals surface area (Å²) in [5.41, 5.74) is 19.4. The van der Waals surface area contributed by atoms with E-state index in [1.807, 2.05) is 75.2 Å². The standard InChI is InChI=1S/2C21H21.2C8H10O.2CH3.H2Si.Zr/c2*1-3-8-16(9-4-1)19-14-18-12-7-13-20(21(18)15-19)17-10-5-2-6-11-17;2*1-6-4-3-5-7(2)8(6)9;;;;/h2*2,5-7,10-16H,1,3-4,8-9H2;2*3-5,9H,1-2H3;2*1H3;1H2;. The normalized spacial score (nSPS) is 18.7. The van der Waals surface area contributed by atoms with Gasteiger partial charge in [-0.05, 0) is 49.9 Å². The summed E-state index contributed by atoms with van der Waals surface area (Å²) >= 11 is -3.76. The van der Waals surface area contributed by atoms with Crippen molar-refractivity contribution in [2.75, 3.05) is 0 Å². The van der Waals surface area contributed by atoms with E-state index in [4.69, 9.17) is 0 Å². The van der Waals surface area contributed by atoms with Gasteiger partial charge >= 0.3 is 282 Å². The van der Waals surface area contributed by atoms with E-state index in [2.05, 4.69) is 125 Å². The third-order valence-corrected chi connectivity index (χ3v) is 32.6. The number of hydrogen-bond acceptors (Lipinski definition) is 2. The topological polar surface area (TPSA) is 40.5 Å². The fourth-order valence-corrected chi connectivity index (χ4v) is 31.5. The summed E-state index contributed by atoms with van der Waals surface area (Å²) in [4.78, 5) is 0. The van der Waals surface area contributed by atoms with Crippen LogP contribution in [0.25, 0.3) is 34.4 Å². The fraction of sp³-hybridized carbons (Fsp3) is 0.333. The van der Waals surface area contributed by atoms with Crippen LogP contribution in [0, 0.1) is 39.5 Å². The first kappa shape index (κ1) is 46.0. The predicted molar refractivity (Wildman–Crippen MR) is 274 cm³/mol. The maximum absolute atomic E-state index is 9.21. The van der Waals surface area contributed by atoms with E-state index in [1.165, 1.54) is 97.6 Å². The Hall–Kier alpha value is -4.50. The van der Waals surface area contributed by atoms with Crippen molar-refractivity contribution in [2.45, 2.75) is 108 Å². The summed E-state index contributed by atoms with van der Waals surface area (Å²) in [6, 6.07) is 48.5. The van der Waals surface area contributed by atoms with Crippen molar-refractivity contribution in [2.24, 2.45) is 11.8 Å². The molecule has 6 aromatic rings. The minimum absolute atomic E-state index is 0.414. The van der Waals surface area contributed by atoms with Crippen molar-refractivity contribution in [3.8, 4) is 33.8 Å². The monoisotopic (exact) mass is 940 g/mol. The van der Waals surface area contributed by atoms with Gasteiger partial charge in [0, 0.05) is 0 Å². The first-order valence-corrected chi connectivity index (χ1v) is 37.9. The Bertz CT molecular complexity index is 2500. The summed E-state index contributed by atoms with van der Waals surface area (Å²) < 4.78 is 6.95. The number of fused-ring (bicyclic) bond motifs is 2. The first-order valence-electron chi connectivity index (χ1n) is 24.2. The molecule has 2 atom stereocenters. The predicted octanol–water partition coefficient (Wildman–Crippen LogP) is 16.1. The van der Waals surface area contributed by atoms with Crippen molar-refractivity contribution < 1.29 is 27.6 Å². The molecular weight excluding hydrogens is 872 g/mol. The van der Waals surface area contributed by atoms with E-state index in [-0.39, 0.29) is 0 Å². The molecule has 0 aliphatic heterocycles. The Balaban J connectivity index is 0.000000258. The van der Waals surface area contributed by atoms with Crippen LogP contribution in [0.2, 0.25) is 9.26 Å². The Kier molecular flexibility index (Phi) is 14.1. The molecule has 2 nitrogen and oxygen atoms in total. The number of phenolic OH excluding ortho intramolecular Hbond substituents is 2. The third kappa shape index (κ3) is 9.43. The van der Waals surface area contributed by atoms with Crippen molar-refractivity contribution in [3.05, 3.63) is 189 Å². The Labute approximate surface area is 387 Å². The molecular formula is C60H70O2SiZr. The van der Waals surface area contributed by atoms with Crippen LogP contribution in [-0.4, -0.2) is 17.1 Å². The van der Waals surface area contributed by atoms with Gasteiger partial charge in [-0.15, -0.1) is 0 Å². The summed E-state index contributed by atoms with van der Waals surface area (Å²) in [6.07, 6.45) is 19.3. The minimum atomic E-state index is -3.76. The molecule has 64 heavy (non-hydrogen) atoms. The van der Waals surface area contributed by atoms with E-state index in [0.29, 0.717) is 18.8 Å². The molecule has 0 aromatic heterocycles. The summed E-state index contributed by atoms with van der Waals surface area (Å²) in [5.74, 6) is 2.28. The van der Waals surface area contributed by atoms with E-state index < -0.39 is 17.4 Å². The molecule has 0 heterocycles. The zero-order chi connectivity index (χ0) is 45.0. The van der Waals surface area contributed by atoms with Crippen LogP contribution in [0.3, 0.4) is 0 Å². The molecule has 2 unspecified atom stereocenters. The molecule has 4 heteroatoms. The van der Waals surface area contributed by atoms with Crippen LogP contribution in [0.1, 0.15) is 116 Å². The van der Waals surface area contributed by atoms with Gasteiger partial charge in [0.2, 0.25) is 0 Å². The number of para-hydroxylation sites is 2. The number of hydrogen-bond donors (Lipinski definition) is 2. The average molecular weight is 943 g/mol. The Morgan fingerprint density at radius 1 is 0.422 bits per heavy atom. The first-order chi connectivity index (χ1) is 30.8. The molecule has 10 rings (SSSR count). The zero-order valence-corrected chi connectivity index (χ0v) is 43.2. The van der Waals surface area contributed by atoms with Crippen LogP contribution >= 0.6 is 0 Å². The molecule has 0 saturated heterocycles. The van der Waals surface area contributed by atoms with Crippen LogP contribution in [0.15, 0.2) is 145 Å². The van der Waals surface area contributed by atoms with Crippen molar-refractivity contribution >= 4 is 19.0 Å². The number of allylic oxidation sites excluding steroid dienone is 2. The Morgan fingerprint density at radius 2 is 0.750 bits per heavy atom. The van der Waals surface area contributed by atoms with Gasteiger partial charge in [0.1, 0.15) is 11.5 Å². The molecule has 2 saturated carbocycles. The molecule has 4 aliphatic carbocycles. The van der Waals surface area contributed by atoms with Gasteiger partial charge in [0.05, 0.1) is 0 Å². The van der Waals surface area contributed by atoms with Gasteiger partial charge in [0.15, 0.2) is 0 Å². The number of aryl methyl sites for hydroxylation is 4. The third-order valence-electron chi connectivity index (χ3n) is 15.3. The molecule has 2 N–H and O–H groups in total. The van der Waals surface area contributed by atoms with Gasteiger partial charge in [-0.25, -0.2) is 0 Å². The van der Waals surface area contributed by atoms with Crippen LogP contribution < -0.4 is 0 Å². The summed E-state index contributed by atoms with van der Waals surface area (Å²) in [6.45, 7) is 10.1. The van der Waals surface area contributed by atoms with Crippen LogP contribution in [-0.2, 0) is 17.4 Å². The maximum atomic E-state index is 9.21. The van der Waals surface area contributed by atoms with Gasteiger partial charge in [-0.1, -0.05) is 36.4 Å². The van der Waals surface area contributed by atoms with Crippen LogP contribution in [0.5, 0.6) is 11.5 Å². The number of benzene rings is 6. The Morgan fingerprint density at radius 3 is 1.08 bits per heavy atom. The van der Waals surface area contributed by atoms with Crippen LogP contribution in [0.4, 0.5) is 0 Å². The SMILES string of the molecule is Cc1cccc(C)c1O.Cc1cccc(C)c1O.[CH3][Zr]([CH3])(=[SiH2])([CH]1C(C2CCCCC2)=Cc2c(-c3ccccc3)cccc21)[CH]1C(C2CCCCC2)=Cc2c(-c3ccccc3)cccc21. The molecule has 2 fully saturated rings. The van der Waals surface area contributed by atoms with Gasteiger partial charge < -0.3 is 10.2 Å². The van der Waals surface area contributed by atoms with Crippen molar-refractivity contribution in [1.29, 1.82) is 0 Å². The van der Waals surface area contributed by atoms with Gasteiger partial charge in [-0.2, -0.15) is 0 Å². The average Bonchev–Trinajstić information content (AvgIpc) is 3.93. The summed E-state index contributed by atoms with van der Waals surface area (Å²) in [5, 5.41) is 18.4. The number of phenols is 2. The van der Waals surface area contributed by atoms with E-state index in [1.54, 1.807) is 11.1 Å².